The summed E-state index contributed by atoms with van der Waals surface area (Å²) < 4.78 is 0. The molecular weight excluding hydrogens is 248 g/mol. The molecule has 1 fully saturated rings. The van der Waals surface area contributed by atoms with Gasteiger partial charge in [-0.25, -0.2) is 4.98 Å². The number of pyridine rings is 1. The third kappa shape index (κ3) is 2.38. The fraction of sp³-hybridized carbons (Fsp3) is 0.471. The van der Waals surface area contributed by atoms with Gasteiger partial charge in [0.25, 0.3) is 0 Å². The Kier molecular flexibility index (Phi) is 3.62. The lowest BCUT2D eigenvalue weighted by Crippen LogP contribution is -2.44. The van der Waals surface area contributed by atoms with Gasteiger partial charge in [-0.2, -0.15) is 0 Å². The minimum Gasteiger partial charge on any atom is -0.391 e. The zero-order chi connectivity index (χ0) is 14.1. The van der Waals surface area contributed by atoms with E-state index in [9.17, 15) is 5.11 Å². The van der Waals surface area contributed by atoms with E-state index < -0.39 is 0 Å². The average Bonchev–Trinajstić information content (AvgIpc) is 2.46. The summed E-state index contributed by atoms with van der Waals surface area (Å²) >= 11 is 0. The molecule has 2 aromatic rings. The summed E-state index contributed by atoms with van der Waals surface area (Å²) in [5.41, 5.74) is 2.19. The third-order valence-electron chi connectivity index (χ3n) is 4.41. The van der Waals surface area contributed by atoms with Crippen molar-refractivity contribution in [2.45, 2.75) is 44.8 Å². The molecule has 1 aromatic heterocycles. The lowest BCUT2D eigenvalue weighted by molar-refractivity contribution is 0.106. The second kappa shape index (κ2) is 5.41. The first-order valence-corrected chi connectivity index (χ1v) is 7.44. The van der Waals surface area contributed by atoms with Crippen molar-refractivity contribution in [1.82, 2.24) is 4.98 Å². The molecule has 0 radical (unpaired) electrons. The van der Waals surface area contributed by atoms with Crippen LogP contribution in [0.5, 0.6) is 0 Å². The van der Waals surface area contributed by atoms with Crippen molar-refractivity contribution in [3.05, 3.63) is 35.9 Å². The van der Waals surface area contributed by atoms with Crippen molar-refractivity contribution in [2.24, 2.45) is 0 Å². The molecule has 20 heavy (non-hydrogen) atoms. The predicted octanol–water partition coefficient (Wildman–Crippen LogP) is 3.28. The molecule has 3 nitrogen and oxygen atoms in total. The van der Waals surface area contributed by atoms with Crippen LogP contribution in [0.2, 0.25) is 0 Å². The Morgan fingerprint density at radius 2 is 1.95 bits per heavy atom. The Labute approximate surface area is 120 Å². The molecule has 3 rings (SSSR count). The van der Waals surface area contributed by atoms with Crippen molar-refractivity contribution in [2.75, 3.05) is 11.9 Å². The second-order valence-electron chi connectivity index (χ2n) is 5.85. The minimum atomic E-state index is -0.235. The van der Waals surface area contributed by atoms with E-state index in [0.29, 0.717) is 0 Å². The van der Waals surface area contributed by atoms with Crippen molar-refractivity contribution in [3.8, 4) is 0 Å². The number of anilines is 1. The molecule has 0 saturated heterocycles. The number of hydrogen-bond acceptors (Lipinski definition) is 3. The number of rotatable bonds is 2. The lowest BCUT2D eigenvalue weighted by Gasteiger charge is -2.36. The Morgan fingerprint density at radius 3 is 2.75 bits per heavy atom. The number of aliphatic hydroxyl groups excluding tert-OH is 1. The molecule has 1 aliphatic carbocycles. The van der Waals surface area contributed by atoms with Gasteiger partial charge in [0.15, 0.2) is 0 Å². The van der Waals surface area contributed by atoms with Gasteiger partial charge in [0.05, 0.1) is 17.7 Å². The zero-order valence-electron chi connectivity index (χ0n) is 12.2. The SMILES string of the molecule is Cc1cc2ccccc2nc1N(C)C1CCCCC1O. The highest BCUT2D eigenvalue weighted by molar-refractivity contribution is 5.81. The van der Waals surface area contributed by atoms with E-state index in [2.05, 4.69) is 31.0 Å². The van der Waals surface area contributed by atoms with Crippen molar-refractivity contribution in [1.29, 1.82) is 0 Å². The monoisotopic (exact) mass is 270 g/mol. The Bertz CT molecular complexity index is 611. The van der Waals surface area contributed by atoms with E-state index in [-0.39, 0.29) is 12.1 Å². The van der Waals surface area contributed by atoms with E-state index in [1.165, 1.54) is 17.4 Å². The maximum Gasteiger partial charge on any atom is 0.132 e. The second-order valence-corrected chi connectivity index (χ2v) is 5.85. The molecule has 0 aliphatic heterocycles. The number of aryl methyl sites for hydroxylation is 1. The van der Waals surface area contributed by atoms with Crippen LogP contribution in [0.1, 0.15) is 31.2 Å². The number of nitrogens with zero attached hydrogens (tertiary/aromatic N) is 2. The van der Waals surface area contributed by atoms with E-state index in [0.717, 1.165) is 30.6 Å². The summed E-state index contributed by atoms with van der Waals surface area (Å²) in [5, 5.41) is 11.4. The number of hydrogen-bond donors (Lipinski definition) is 1. The number of para-hydroxylation sites is 1. The van der Waals surface area contributed by atoms with Crippen LogP contribution in [0.3, 0.4) is 0 Å². The molecule has 1 N–H and O–H groups in total. The van der Waals surface area contributed by atoms with Crippen LogP contribution in [0.25, 0.3) is 10.9 Å². The molecular formula is C17H22N2O. The van der Waals surface area contributed by atoms with E-state index in [1.807, 2.05) is 18.2 Å². The van der Waals surface area contributed by atoms with E-state index in [1.54, 1.807) is 0 Å². The number of benzene rings is 1. The summed E-state index contributed by atoms with van der Waals surface area (Å²) in [7, 11) is 2.06. The first-order valence-electron chi connectivity index (χ1n) is 7.44. The average molecular weight is 270 g/mol. The summed E-state index contributed by atoms with van der Waals surface area (Å²) in [4.78, 5) is 6.97. The zero-order valence-corrected chi connectivity index (χ0v) is 12.2. The van der Waals surface area contributed by atoms with Crippen LogP contribution in [-0.4, -0.2) is 29.3 Å². The Hall–Kier alpha value is -1.61. The smallest absolute Gasteiger partial charge is 0.132 e. The fourth-order valence-electron chi connectivity index (χ4n) is 3.27. The molecule has 1 heterocycles. The molecule has 1 aliphatic rings. The normalized spacial score (nSPS) is 22.9. The van der Waals surface area contributed by atoms with Crippen molar-refractivity contribution >= 4 is 16.7 Å². The number of aromatic nitrogens is 1. The molecule has 0 amide bonds. The highest BCUT2D eigenvalue weighted by atomic mass is 16.3. The molecule has 2 unspecified atom stereocenters. The number of aliphatic hydroxyl groups is 1. The molecule has 1 saturated carbocycles. The summed E-state index contributed by atoms with van der Waals surface area (Å²) in [5.74, 6) is 0.995. The van der Waals surface area contributed by atoms with Crippen LogP contribution >= 0.6 is 0 Å². The Morgan fingerprint density at radius 1 is 1.20 bits per heavy atom. The maximum absolute atomic E-state index is 10.2. The van der Waals surface area contributed by atoms with Crippen LogP contribution in [0, 0.1) is 6.92 Å². The first kappa shape index (κ1) is 13.4. The molecule has 0 spiro atoms. The summed E-state index contributed by atoms with van der Waals surface area (Å²) in [6.07, 6.45) is 4.04. The first-order chi connectivity index (χ1) is 9.66. The standard InChI is InChI=1S/C17H22N2O/c1-12-11-13-7-3-4-8-14(13)18-17(12)19(2)15-9-5-6-10-16(15)20/h3-4,7-8,11,15-16,20H,5-6,9-10H2,1-2H3. The van der Waals surface area contributed by atoms with Gasteiger partial charge in [0.2, 0.25) is 0 Å². The highest BCUT2D eigenvalue weighted by Crippen LogP contribution is 2.29. The fourth-order valence-corrected chi connectivity index (χ4v) is 3.27. The topological polar surface area (TPSA) is 36.4 Å². The summed E-state index contributed by atoms with van der Waals surface area (Å²) in [6.45, 7) is 2.10. The third-order valence-corrected chi connectivity index (χ3v) is 4.41. The lowest BCUT2D eigenvalue weighted by atomic mass is 9.91. The van der Waals surface area contributed by atoms with Crippen molar-refractivity contribution < 1.29 is 5.11 Å². The van der Waals surface area contributed by atoms with Gasteiger partial charge in [0, 0.05) is 12.4 Å². The van der Waals surface area contributed by atoms with Gasteiger partial charge in [0.1, 0.15) is 5.82 Å². The van der Waals surface area contributed by atoms with Gasteiger partial charge in [-0.1, -0.05) is 31.0 Å². The molecule has 3 heteroatoms. The van der Waals surface area contributed by atoms with E-state index >= 15 is 0 Å². The summed E-state index contributed by atoms with van der Waals surface area (Å²) in [6, 6.07) is 10.6. The van der Waals surface area contributed by atoms with Crippen LogP contribution in [0.4, 0.5) is 5.82 Å². The molecule has 1 aromatic carbocycles. The molecule has 2 atom stereocenters. The Balaban J connectivity index is 1.98. The predicted molar refractivity (Wildman–Crippen MR) is 83.1 cm³/mol. The largest absolute Gasteiger partial charge is 0.391 e. The van der Waals surface area contributed by atoms with Gasteiger partial charge in [-0.3, -0.25) is 0 Å². The maximum atomic E-state index is 10.2. The minimum absolute atomic E-state index is 0.191. The van der Waals surface area contributed by atoms with Gasteiger partial charge in [-0.05, 0) is 37.5 Å². The van der Waals surface area contributed by atoms with E-state index in [4.69, 9.17) is 4.98 Å². The quantitative estimate of drug-likeness (QED) is 0.909. The van der Waals surface area contributed by atoms with Gasteiger partial charge < -0.3 is 10.0 Å². The molecule has 0 bridgehead atoms. The van der Waals surface area contributed by atoms with Gasteiger partial charge in [-0.15, -0.1) is 0 Å². The van der Waals surface area contributed by atoms with Gasteiger partial charge >= 0.3 is 0 Å². The van der Waals surface area contributed by atoms with Crippen LogP contribution in [-0.2, 0) is 0 Å². The van der Waals surface area contributed by atoms with Crippen molar-refractivity contribution in [3.63, 3.8) is 0 Å². The number of likely N-dealkylation sites (N-methyl/N-ethyl adjacent to an activating group) is 1. The van der Waals surface area contributed by atoms with Crippen LogP contribution in [0.15, 0.2) is 30.3 Å². The number of fused-ring (bicyclic) bond motifs is 1. The van der Waals surface area contributed by atoms with Crippen LogP contribution < -0.4 is 4.90 Å². The highest BCUT2D eigenvalue weighted by Gasteiger charge is 2.28. The molecule has 106 valence electrons.